The summed E-state index contributed by atoms with van der Waals surface area (Å²) >= 11 is 1.41. The first-order valence-corrected chi connectivity index (χ1v) is 12.3. The number of carbonyl (C=O) groups excluding carboxylic acids is 1. The molecule has 0 unspecified atom stereocenters. The van der Waals surface area contributed by atoms with Crippen LogP contribution >= 0.6 is 23.7 Å². The van der Waals surface area contributed by atoms with Gasteiger partial charge in [0.1, 0.15) is 21.7 Å². The van der Waals surface area contributed by atoms with Gasteiger partial charge in [-0.05, 0) is 49.0 Å². The molecule has 3 rings (SSSR count). The monoisotopic (exact) mass is 535 g/mol. The van der Waals surface area contributed by atoms with Crippen LogP contribution in [0.2, 0.25) is 0 Å². The van der Waals surface area contributed by atoms with Gasteiger partial charge in [0.05, 0.1) is 28.4 Å². The van der Waals surface area contributed by atoms with Crippen LogP contribution in [0, 0.1) is 0 Å². The Kier molecular flexibility index (Phi) is 11.3. The highest BCUT2D eigenvalue weighted by Gasteiger charge is 2.22. The zero-order chi connectivity index (χ0) is 25.4. The molecule has 0 aliphatic carbocycles. The number of ether oxygens (including phenoxy) is 4. The van der Waals surface area contributed by atoms with Crippen LogP contribution in [0.5, 0.6) is 23.0 Å². The van der Waals surface area contributed by atoms with Gasteiger partial charge in [0.15, 0.2) is 16.6 Å². The molecule has 10 heteroatoms. The number of rotatable bonds is 12. The van der Waals surface area contributed by atoms with Gasteiger partial charge >= 0.3 is 0 Å². The summed E-state index contributed by atoms with van der Waals surface area (Å²) in [6, 6.07) is 9.19. The van der Waals surface area contributed by atoms with E-state index in [4.69, 9.17) is 23.9 Å². The van der Waals surface area contributed by atoms with E-state index in [0.717, 1.165) is 29.9 Å². The van der Waals surface area contributed by atoms with Crippen LogP contribution in [0.15, 0.2) is 36.4 Å². The maximum atomic E-state index is 13.4. The number of thiazole rings is 1. The second-order valence-corrected chi connectivity index (χ2v) is 8.59. The molecule has 0 atom stereocenters. The number of amides is 1. The van der Waals surface area contributed by atoms with Crippen molar-refractivity contribution in [2.24, 2.45) is 0 Å². The van der Waals surface area contributed by atoms with E-state index in [1.807, 2.05) is 30.3 Å². The summed E-state index contributed by atoms with van der Waals surface area (Å²) in [7, 11) is 6.40. The maximum Gasteiger partial charge on any atom is 0.252 e. The molecule has 1 heterocycles. The van der Waals surface area contributed by atoms with E-state index in [9.17, 15) is 4.79 Å². The number of fused-ring (bicyclic) bond motifs is 1. The van der Waals surface area contributed by atoms with E-state index < -0.39 is 0 Å². The molecular formula is C26H34ClN3O5S. The highest BCUT2D eigenvalue weighted by Crippen LogP contribution is 2.40. The Morgan fingerprint density at radius 2 is 1.50 bits per heavy atom. The summed E-state index contributed by atoms with van der Waals surface area (Å²) < 4.78 is 22.5. The van der Waals surface area contributed by atoms with Crippen molar-refractivity contribution in [2.75, 3.05) is 59.5 Å². The number of benzene rings is 2. The Balaban J connectivity index is 0.00000456. The predicted octanol–water partition coefficient (Wildman–Crippen LogP) is 5.14. The molecule has 36 heavy (non-hydrogen) atoms. The highest BCUT2D eigenvalue weighted by molar-refractivity contribution is 7.22. The first-order valence-electron chi connectivity index (χ1n) is 11.4. The smallest absolute Gasteiger partial charge is 0.252 e. The van der Waals surface area contributed by atoms with Crippen molar-refractivity contribution in [2.45, 2.75) is 13.8 Å². The summed E-state index contributed by atoms with van der Waals surface area (Å²) in [6.45, 7) is 7.26. The Bertz CT molecular complexity index is 1140. The molecular weight excluding hydrogens is 502 g/mol. The zero-order valence-corrected chi connectivity index (χ0v) is 23.2. The third kappa shape index (κ3) is 6.60. The molecule has 3 aromatic rings. The molecule has 0 fully saturated rings. The molecule has 0 spiro atoms. The van der Waals surface area contributed by atoms with Gasteiger partial charge in [-0.1, -0.05) is 31.3 Å². The predicted molar refractivity (Wildman–Crippen MR) is 149 cm³/mol. The topological polar surface area (TPSA) is 73.4 Å². The minimum Gasteiger partial charge on any atom is -0.495 e. The summed E-state index contributed by atoms with van der Waals surface area (Å²) in [5.41, 5.74) is 1.50. The first-order chi connectivity index (χ1) is 17.0. The Morgan fingerprint density at radius 1 is 0.889 bits per heavy atom. The zero-order valence-electron chi connectivity index (χ0n) is 21.6. The lowest BCUT2D eigenvalue weighted by atomic mass is 10.2. The van der Waals surface area contributed by atoms with Crippen LogP contribution in [0.1, 0.15) is 19.4 Å². The number of carbonyl (C=O) groups is 1. The molecule has 1 aromatic heterocycles. The van der Waals surface area contributed by atoms with Crippen LogP contribution in [-0.2, 0) is 4.79 Å². The molecule has 196 valence electrons. The quantitative estimate of drug-likeness (QED) is 0.297. The van der Waals surface area contributed by atoms with Crippen LogP contribution in [0.3, 0.4) is 0 Å². The number of nitrogens with zero attached hydrogens (tertiary/aromatic N) is 3. The number of halogens is 1. The van der Waals surface area contributed by atoms with E-state index in [0.29, 0.717) is 40.2 Å². The normalized spacial score (nSPS) is 11.0. The average molecular weight is 536 g/mol. The van der Waals surface area contributed by atoms with E-state index in [-0.39, 0.29) is 18.3 Å². The second-order valence-electron chi connectivity index (χ2n) is 7.61. The van der Waals surface area contributed by atoms with Gasteiger partial charge in [0, 0.05) is 19.2 Å². The van der Waals surface area contributed by atoms with Crippen molar-refractivity contribution in [1.29, 1.82) is 0 Å². The van der Waals surface area contributed by atoms with E-state index >= 15 is 0 Å². The van der Waals surface area contributed by atoms with Gasteiger partial charge in [0.25, 0.3) is 5.91 Å². The van der Waals surface area contributed by atoms with E-state index in [2.05, 4.69) is 18.7 Å². The van der Waals surface area contributed by atoms with Gasteiger partial charge in [-0.3, -0.25) is 9.69 Å². The second kappa shape index (κ2) is 13.9. The summed E-state index contributed by atoms with van der Waals surface area (Å²) in [6.07, 6.45) is 3.33. The lowest BCUT2D eigenvalue weighted by Gasteiger charge is -2.23. The summed E-state index contributed by atoms with van der Waals surface area (Å²) in [5, 5.41) is 0.594. The molecule has 8 nitrogen and oxygen atoms in total. The molecule has 2 aromatic carbocycles. The fourth-order valence-corrected chi connectivity index (χ4v) is 4.79. The number of likely N-dealkylation sites (N-methyl/N-ethyl adjacent to an activating group) is 1. The first kappa shape index (κ1) is 29.2. The van der Waals surface area contributed by atoms with Crippen molar-refractivity contribution in [3.63, 3.8) is 0 Å². The third-order valence-corrected chi connectivity index (χ3v) is 6.85. The van der Waals surface area contributed by atoms with Crippen molar-refractivity contribution >= 4 is 51.1 Å². The number of methoxy groups -OCH3 is 4. The summed E-state index contributed by atoms with van der Waals surface area (Å²) in [5.74, 6) is 2.41. The molecule has 0 saturated carbocycles. The fourth-order valence-electron chi connectivity index (χ4n) is 3.69. The maximum absolute atomic E-state index is 13.4. The minimum absolute atomic E-state index is 0. The van der Waals surface area contributed by atoms with Gasteiger partial charge in [0.2, 0.25) is 0 Å². The summed E-state index contributed by atoms with van der Waals surface area (Å²) in [4.78, 5) is 22.2. The number of anilines is 1. The van der Waals surface area contributed by atoms with Crippen molar-refractivity contribution in [1.82, 2.24) is 9.88 Å². The van der Waals surface area contributed by atoms with Gasteiger partial charge in [-0.15, -0.1) is 12.4 Å². The van der Waals surface area contributed by atoms with Gasteiger partial charge in [-0.2, -0.15) is 0 Å². The lowest BCUT2D eigenvalue weighted by Crippen LogP contribution is -2.38. The van der Waals surface area contributed by atoms with Crippen LogP contribution < -0.4 is 23.8 Å². The Labute approximate surface area is 222 Å². The lowest BCUT2D eigenvalue weighted by molar-refractivity contribution is -0.114. The van der Waals surface area contributed by atoms with E-state index in [1.54, 1.807) is 45.5 Å². The standard InChI is InChI=1S/C26H33N3O5S.ClH/c1-7-28(8-2)15-16-29(23(30)14-10-18-9-11-19(31-3)22(17-18)34-6)26-27-24-20(32-4)12-13-21(33-5)25(24)35-26;/h9-14,17H,7-8,15-16H2,1-6H3;1H. The Morgan fingerprint density at radius 3 is 2.11 bits per heavy atom. The van der Waals surface area contributed by atoms with Crippen LogP contribution in [0.25, 0.3) is 16.3 Å². The molecule has 0 radical (unpaired) electrons. The average Bonchev–Trinajstić information content (AvgIpc) is 3.34. The van der Waals surface area contributed by atoms with Crippen molar-refractivity contribution in [3.8, 4) is 23.0 Å². The minimum atomic E-state index is -0.163. The van der Waals surface area contributed by atoms with Crippen LogP contribution in [0.4, 0.5) is 5.13 Å². The Hall–Kier alpha value is -3.01. The number of hydrogen-bond acceptors (Lipinski definition) is 8. The van der Waals surface area contributed by atoms with Crippen molar-refractivity contribution in [3.05, 3.63) is 42.0 Å². The molecule has 1 amide bonds. The number of aromatic nitrogens is 1. The van der Waals surface area contributed by atoms with Crippen LogP contribution in [-0.4, -0.2) is 70.4 Å². The SMILES string of the molecule is CCN(CC)CCN(C(=O)C=Cc1ccc(OC)c(OC)c1)c1nc2c(OC)ccc(OC)c2s1.Cl. The molecule has 0 aliphatic heterocycles. The third-order valence-electron chi connectivity index (χ3n) is 5.76. The van der Waals surface area contributed by atoms with Gasteiger partial charge < -0.3 is 23.8 Å². The molecule has 0 bridgehead atoms. The van der Waals surface area contributed by atoms with Crippen molar-refractivity contribution < 1.29 is 23.7 Å². The number of hydrogen-bond donors (Lipinski definition) is 0. The molecule has 0 aliphatic rings. The van der Waals surface area contributed by atoms with E-state index in [1.165, 1.54) is 11.3 Å². The molecule has 0 N–H and O–H groups in total. The molecule has 0 saturated heterocycles. The highest BCUT2D eigenvalue weighted by atomic mass is 35.5. The van der Waals surface area contributed by atoms with Gasteiger partial charge in [-0.25, -0.2) is 4.98 Å². The largest absolute Gasteiger partial charge is 0.495 e. The fraction of sp³-hybridized carbons (Fsp3) is 0.385.